The molecule has 0 unspecified atom stereocenters. The van der Waals surface area contributed by atoms with Crippen molar-refractivity contribution < 1.29 is 4.79 Å². The number of anilines is 2. The molecule has 0 aliphatic rings. The van der Waals surface area contributed by atoms with Crippen molar-refractivity contribution in [1.82, 2.24) is 4.98 Å². The first-order valence-electron chi connectivity index (χ1n) is 5.69. The van der Waals surface area contributed by atoms with Crippen LogP contribution in [0.5, 0.6) is 0 Å². The predicted octanol–water partition coefficient (Wildman–Crippen LogP) is 1.93. The highest BCUT2D eigenvalue weighted by Gasteiger charge is 2.12. The molecular weight excluding hydrogens is 274 g/mol. The number of nitrogens with zero attached hydrogens (tertiary/aromatic N) is 1. The number of hydrogen-bond acceptors (Lipinski definition) is 6. The molecule has 1 heterocycles. The monoisotopic (exact) mass is 287 g/mol. The van der Waals surface area contributed by atoms with E-state index in [0.717, 1.165) is 6.21 Å². The van der Waals surface area contributed by atoms with E-state index in [9.17, 15) is 4.79 Å². The first-order valence-corrected chi connectivity index (χ1v) is 6.57. The number of carbonyl (C=O) groups excluding carboxylic acids is 1. The third-order valence-electron chi connectivity index (χ3n) is 2.42. The molecule has 0 saturated carbocycles. The number of carbonyl (C=O) groups is 1. The van der Waals surface area contributed by atoms with Crippen LogP contribution in [0.15, 0.2) is 35.7 Å². The van der Waals surface area contributed by atoms with Gasteiger partial charge in [-0.2, -0.15) is 0 Å². The van der Waals surface area contributed by atoms with Crippen molar-refractivity contribution in [1.29, 1.82) is 5.41 Å². The molecule has 1 amide bonds. The maximum absolute atomic E-state index is 12.0. The number of allylic oxidation sites excluding steroid dienone is 1. The van der Waals surface area contributed by atoms with Crippen LogP contribution in [-0.4, -0.2) is 17.1 Å². The van der Waals surface area contributed by atoms with E-state index in [1.165, 1.54) is 17.4 Å². The Hall–Kier alpha value is -2.67. The molecule has 6 nitrogen and oxygen atoms in total. The number of nitrogen functional groups attached to an aromatic ring is 1. The lowest BCUT2D eigenvalue weighted by molar-refractivity contribution is 0.102. The molecular formula is C13H13N5OS. The summed E-state index contributed by atoms with van der Waals surface area (Å²) in [5.74, 6) is -0.320. The van der Waals surface area contributed by atoms with Crippen LogP contribution >= 0.6 is 11.3 Å². The minimum absolute atomic E-state index is 0.281. The summed E-state index contributed by atoms with van der Waals surface area (Å²) in [6.07, 6.45) is 2.49. The summed E-state index contributed by atoms with van der Waals surface area (Å²) >= 11 is 1.25. The molecule has 0 radical (unpaired) electrons. The highest BCUT2D eigenvalue weighted by atomic mass is 32.1. The predicted molar refractivity (Wildman–Crippen MR) is 81.9 cm³/mol. The van der Waals surface area contributed by atoms with Gasteiger partial charge in [-0.3, -0.25) is 4.79 Å². The summed E-state index contributed by atoms with van der Waals surface area (Å²) < 4.78 is 0. The smallest absolute Gasteiger partial charge is 0.275 e. The van der Waals surface area contributed by atoms with Gasteiger partial charge in [0.15, 0.2) is 0 Å². The highest BCUT2D eigenvalue weighted by Crippen LogP contribution is 2.17. The van der Waals surface area contributed by atoms with Crippen molar-refractivity contribution in [2.24, 2.45) is 5.73 Å². The van der Waals surface area contributed by atoms with Crippen LogP contribution in [0.2, 0.25) is 0 Å². The van der Waals surface area contributed by atoms with E-state index in [2.05, 4.69) is 10.3 Å². The Balaban J connectivity index is 2.12. The zero-order valence-electron chi connectivity index (χ0n) is 10.5. The van der Waals surface area contributed by atoms with Crippen molar-refractivity contribution in [3.63, 3.8) is 0 Å². The molecule has 0 aliphatic carbocycles. The van der Waals surface area contributed by atoms with Crippen molar-refractivity contribution in [2.75, 3.05) is 11.1 Å². The van der Waals surface area contributed by atoms with Gasteiger partial charge in [0.05, 0.1) is 5.70 Å². The number of aromatic nitrogens is 1. The minimum Gasteiger partial charge on any atom is -0.399 e. The SMILES string of the molecule is N=C/C=C(\N)c1nc(C(=O)Nc2ccc(N)cc2)cs1. The number of hydrogen-bond donors (Lipinski definition) is 4. The van der Waals surface area contributed by atoms with E-state index >= 15 is 0 Å². The molecule has 2 rings (SSSR count). The zero-order chi connectivity index (χ0) is 14.5. The molecule has 20 heavy (non-hydrogen) atoms. The molecule has 0 fully saturated rings. The van der Waals surface area contributed by atoms with E-state index in [1.54, 1.807) is 29.6 Å². The first-order chi connectivity index (χ1) is 9.60. The number of thiazole rings is 1. The number of rotatable bonds is 4. The Morgan fingerprint density at radius 1 is 1.35 bits per heavy atom. The van der Waals surface area contributed by atoms with Gasteiger partial charge in [0.25, 0.3) is 5.91 Å². The fraction of sp³-hybridized carbons (Fsp3) is 0. The van der Waals surface area contributed by atoms with E-state index in [1.807, 2.05) is 0 Å². The molecule has 0 aliphatic heterocycles. The van der Waals surface area contributed by atoms with Gasteiger partial charge in [-0.25, -0.2) is 4.98 Å². The van der Waals surface area contributed by atoms with Gasteiger partial charge in [0, 0.05) is 23.0 Å². The van der Waals surface area contributed by atoms with E-state index < -0.39 is 0 Å². The average Bonchev–Trinajstić information content (AvgIpc) is 2.91. The normalized spacial score (nSPS) is 11.1. The van der Waals surface area contributed by atoms with Crippen molar-refractivity contribution >= 4 is 40.5 Å². The lowest BCUT2D eigenvalue weighted by atomic mass is 10.3. The van der Waals surface area contributed by atoms with E-state index in [-0.39, 0.29) is 11.6 Å². The summed E-state index contributed by atoms with van der Waals surface area (Å²) in [7, 11) is 0. The van der Waals surface area contributed by atoms with Crippen molar-refractivity contribution in [3.8, 4) is 0 Å². The second kappa shape index (κ2) is 5.98. The second-order valence-corrected chi connectivity index (χ2v) is 4.76. The Labute approximate surface area is 119 Å². The Morgan fingerprint density at radius 3 is 2.70 bits per heavy atom. The Kier molecular flexibility index (Phi) is 4.11. The molecule has 0 atom stereocenters. The van der Waals surface area contributed by atoms with E-state index in [0.29, 0.717) is 22.1 Å². The fourth-order valence-corrected chi connectivity index (χ4v) is 2.17. The molecule has 1 aromatic carbocycles. The number of nitrogens with two attached hydrogens (primary N) is 2. The summed E-state index contributed by atoms with van der Waals surface area (Å²) in [4.78, 5) is 16.1. The van der Waals surface area contributed by atoms with E-state index in [4.69, 9.17) is 16.9 Å². The van der Waals surface area contributed by atoms with Gasteiger partial charge < -0.3 is 22.2 Å². The van der Waals surface area contributed by atoms with Gasteiger partial charge in [-0.05, 0) is 30.3 Å². The molecule has 7 heteroatoms. The quantitative estimate of drug-likeness (QED) is 0.507. The topological polar surface area (TPSA) is 118 Å². The summed E-state index contributed by atoms with van der Waals surface area (Å²) in [5.41, 5.74) is 13.2. The van der Waals surface area contributed by atoms with Crippen LogP contribution in [0, 0.1) is 5.41 Å². The molecule has 0 spiro atoms. The first kappa shape index (κ1) is 13.8. The highest BCUT2D eigenvalue weighted by molar-refractivity contribution is 7.11. The summed E-state index contributed by atoms with van der Waals surface area (Å²) in [5, 5.41) is 11.8. The lowest BCUT2D eigenvalue weighted by Crippen LogP contribution is -2.12. The molecule has 6 N–H and O–H groups in total. The van der Waals surface area contributed by atoms with Crippen molar-refractivity contribution in [2.45, 2.75) is 0 Å². The van der Waals surface area contributed by atoms with Crippen LogP contribution < -0.4 is 16.8 Å². The Bertz CT molecular complexity index is 660. The Morgan fingerprint density at radius 2 is 2.05 bits per heavy atom. The average molecular weight is 287 g/mol. The van der Waals surface area contributed by atoms with Crippen LogP contribution in [0.3, 0.4) is 0 Å². The van der Waals surface area contributed by atoms with Crippen LogP contribution in [0.4, 0.5) is 11.4 Å². The maximum Gasteiger partial charge on any atom is 0.275 e. The second-order valence-electron chi connectivity index (χ2n) is 3.90. The van der Waals surface area contributed by atoms with Gasteiger partial charge in [0.2, 0.25) is 0 Å². The molecule has 0 bridgehead atoms. The van der Waals surface area contributed by atoms with Crippen LogP contribution in [0.25, 0.3) is 5.70 Å². The maximum atomic E-state index is 12.0. The van der Waals surface area contributed by atoms with Gasteiger partial charge >= 0.3 is 0 Å². The summed E-state index contributed by atoms with van der Waals surface area (Å²) in [6, 6.07) is 6.83. The van der Waals surface area contributed by atoms with Gasteiger partial charge in [0.1, 0.15) is 10.7 Å². The molecule has 102 valence electrons. The number of benzene rings is 1. The standard InChI is InChI=1S/C13H13N5OS/c14-6-5-10(16)13-18-11(7-20-13)12(19)17-9-3-1-8(15)2-4-9/h1-7,14H,15-16H2,(H,17,19)/b10-5-,14-6?. The molecule has 2 aromatic rings. The lowest BCUT2D eigenvalue weighted by Gasteiger charge is -2.03. The third-order valence-corrected chi connectivity index (χ3v) is 3.31. The summed E-state index contributed by atoms with van der Waals surface area (Å²) in [6.45, 7) is 0. The molecule has 1 aromatic heterocycles. The van der Waals surface area contributed by atoms with Gasteiger partial charge in [-0.15, -0.1) is 11.3 Å². The fourth-order valence-electron chi connectivity index (χ4n) is 1.43. The number of nitrogens with one attached hydrogen (secondary N) is 2. The largest absolute Gasteiger partial charge is 0.399 e. The van der Waals surface area contributed by atoms with Crippen LogP contribution in [-0.2, 0) is 0 Å². The number of amides is 1. The van der Waals surface area contributed by atoms with Crippen LogP contribution in [0.1, 0.15) is 15.5 Å². The third kappa shape index (κ3) is 3.21. The van der Waals surface area contributed by atoms with Gasteiger partial charge in [-0.1, -0.05) is 0 Å². The molecule has 0 saturated heterocycles. The zero-order valence-corrected chi connectivity index (χ0v) is 11.3. The minimum atomic E-state index is -0.320. The van der Waals surface area contributed by atoms with Crippen molar-refractivity contribution in [3.05, 3.63) is 46.4 Å².